The van der Waals surface area contributed by atoms with Gasteiger partial charge in [-0.3, -0.25) is 9.88 Å². The van der Waals surface area contributed by atoms with Crippen LogP contribution in [0.2, 0.25) is 0 Å². The number of pyridine rings is 1. The smallest absolute Gasteiger partial charge is 0.133 e. The van der Waals surface area contributed by atoms with E-state index in [0.717, 1.165) is 37.4 Å². The first-order valence-electron chi connectivity index (χ1n) is 8.91. The van der Waals surface area contributed by atoms with Gasteiger partial charge >= 0.3 is 0 Å². The van der Waals surface area contributed by atoms with Crippen molar-refractivity contribution in [1.82, 2.24) is 19.9 Å². The van der Waals surface area contributed by atoms with Crippen molar-refractivity contribution in [2.75, 3.05) is 6.54 Å². The van der Waals surface area contributed by atoms with Gasteiger partial charge in [-0.05, 0) is 17.7 Å². The van der Waals surface area contributed by atoms with Crippen molar-refractivity contribution in [2.24, 2.45) is 0 Å². The molecule has 1 aliphatic rings. The topological polar surface area (TPSA) is 41.9 Å². The molecule has 1 aliphatic heterocycles. The van der Waals surface area contributed by atoms with Crippen LogP contribution >= 0.6 is 0 Å². The van der Waals surface area contributed by atoms with Gasteiger partial charge in [-0.25, -0.2) is 9.97 Å². The average Bonchev–Trinajstić information content (AvgIpc) is 2.61. The number of nitrogens with zero attached hydrogens (tertiary/aromatic N) is 4. The Balaban J connectivity index is 1.57. The summed E-state index contributed by atoms with van der Waals surface area (Å²) >= 11 is 0. The molecule has 4 nitrogen and oxygen atoms in total. The van der Waals surface area contributed by atoms with Gasteiger partial charge in [0.1, 0.15) is 5.82 Å². The van der Waals surface area contributed by atoms with E-state index in [1.165, 1.54) is 22.2 Å². The molecular formula is C21H24N4. The molecule has 0 atom stereocenters. The van der Waals surface area contributed by atoms with Gasteiger partial charge in [-0.15, -0.1) is 0 Å². The summed E-state index contributed by atoms with van der Waals surface area (Å²) < 4.78 is 0. The van der Waals surface area contributed by atoms with Crippen LogP contribution < -0.4 is 0 Å². The Morgan fingerprint density at radius 3 is 2.76 bits per heavy atom. The molecular weight excluding hydrogens is 308 g/mol. The molecule has 128 valence electrons. The van der Waals surface area contributed by atoms with E-state index < -0.39 is 0 Å². The molecule has 0 N–H and O–H groups in total. The van der Waals surface area contributed by atoms with E-state index in [1.54, 1.807) is 0 Å². The van der Waals surface area contributed by atoms with Crippen LogP contribution in [0.3, 0.4) is 0 Å². The molecule has 0 aliphatic carbocycles. The number of para-hydroxylation sites is 1. The van der Waals surface area contributed by atoms with Gasteiger partial charge in [0.25, 0.3) is 0 Å². The quantitative estimate of drug-likeness (QED) is 0.714. The lowest BCUT2D eigenvalue weighted by Gasteiger charge is -2.29. The molecule has 0 saturated carbocycles. The Kier molecular flexibility index (Phi) is 4.00. The molecule has 0 bridgehead atoms. The zero-order valence-corrected chi connectivity index (χ0v) is 15.2. The monoisotopic (exact) mass is 332 g/mol. The molecule has 25 heavy (non-hydrogen) atoms. The molecule has 0 saturated heterocycles. The first-order chi connectivity index (χ1) is 12.0. The van der Waals surface area contributed by atoms with Gasteiger partial charge in [-0.1, -0.05) is 39.0 Å². The van der Waals surface area contributed by atoms with Crippen LogP contribution in [-0.2, 0) is 24.9 Å². The normalized spacial score (nSPS) is 15.3. The Bertz CT molecular complexity index is 906. The summed E-state index contributed by atoms with van der Waals surface area (Å²) in [5, 5.41) is 1.25. The summed E-state index contributed by atoms with van der Waals surface area (Å²) in [6, 6.07) is 10.5. The van der Waals surface area contributed by atoms with Gasteiger partial charge < -0.3 is 0 Å². The van der Waals surface area contributed by atoms with Crippen molar-refractivity contribution >= 4 is 10.9 Å². The molecule has 1 aromatic carbocycles. The fourth-order valence-electron chi connectivity index (χ4n) is 3.40. The van der Waals surface area contributed by atoms with Gasteiger partial charge in [0.2, 0.25) is 0 Å². The lowest BCUT2D eigenvalue weighted by molar-refractivity contribution is 0.243. The van der Waals surface area contributed by atoms with Crippen molar-refractivity contribution in [3.05, 3.63) is 65.4 Å². The first kappa shape index (κ1) is 16.2. The van der Waals surface area contributed by atoms with E-state index in [-0.39, 0.29) is 5.41 Å². The van der Waals surface area contributed by atoms with Gasteiger partial charge in [0.05, 0.1) is 5.52 Å². The second kappa shape index (κ2) is 6.19. The van der Waals surface area contributed by atoms with E-state index in [9.17, 15) is 0 Å². The van der Waals surface area contributed by atoms with E-state index in [4.69, 9.17) is 4.98 Å². The second-order valence-electron chi connectivity index (χ2n) is 7.86. The number of benzene rings is 1. The van der Waals surface area contributed by atoms with Crippen molar-refractivity contribution in [3.8, 4) is 0 Å². The summed E-state index contributed by atoms with van der Waals surface area (Å²) in [5.41, 5.74) is 4.88. The van der Waals surface area contributed by atoms with Crippen molar-refractivity contribution in [3.63, 3.8) is 0 Å². The Hall–Kier alpha value is -2.33. The predicted octanol–water partition coefficient (Wildman–Crippen LogP) is 3.88. The Morgan fingerprint density at radius 2 is 1.92 bits per heavy atom. The van der Waals surface area contributed by atoms with Crippen LogP contribution in [0.15, 0.2) is 42.7 Å². The maximum absolute atomic E-state index is 4.83. The van der Waals surface area contributed by atoms with Crippen LogP contribution in [0.4, 0.5) is 0 Å². The van der Waals surface area contributed by atoms with Crippen molar-refractivity contribution in [1.29, 1.82) is 0 Å². The number of hydrogen-bond acceptors (Lipinski definition) is 4. The molecule has 0 spiro atoms. The van der Waals surface area contributed by atoms with E-state index in [1.807, 2.05) is 18.5 Å². The average molecular weight is 332 g/mol. The third-order valence-corrected chi connectivity index (χ3v) is 4.82. The Morgan fingerprint density at radius 1 is 1.08 bits per heavy atom. The Labute approximate surface area is 149 Å². The summed E-state index contributed by atoms with van der Waals surface area (Å²) in [6.45, 7) is 9.37. The van der Waals surface area contributed by atoms with E-state index in [2.05, 4.69) is 59.9 Å². The molecule has 3 heterocycles. The molecule has 2 aromatic heterocycles. The summed E-state index contributed by atoms with van der Waals surface area (Å²) in [4.78, 5) is 16.4. The summed E-state index contributed by atoms with van der Waals surface area (Å²) in [5.74, 6) is 0.944. The number of hydrogen-bond donors (Lipinski definition) is 0. The zero-order chi connectivity index (χ0) is 17.4. The molecule has 4 rings (SSSR count). The highest BCUT2D eigenvalue weighted by atomic mass is 15.1. The van der Waals surface area contributed by atoms with Gasteiger partial charge in [0, 0.05) is 60.5 Å². The molecule has 0 amide bonds. The minimum Gasteiger partial charge on any atom is -0.294 e. The highest BCUT2D eigenvalue weighted by molar-refractivity contribution is 5.81. The number of aromatic nitrogens is 3. The molecule has 0 radical (unpaired) electrons. The minimum absolute atomic E-state index is 0.00210. The standard InChI is InChI=1S/C21H24N4/c1-21(2,3)20-23-12-16-14-25(11-9-18(16)24-20)13-15-8-10-22-19-7-5-4-6-17(15)19/h4-8,10,12H,9,11,13-14H2,1-3H3. The first-order valence-corrected chi connectivity index (χ1v) is 8.91. The van der Waals surface area contributed by atoms with Crippen LogP contribution in [0.25, 0.3) is 10.9 Å². The van der Waals surface area contributed by atoms with E-state index >= 15 is 0 Å². The third-order valence-electron chi connectivity index (χ3n) is 4.82. The minimum atomic E-state index is 0.00210. The third kappa shape index (κ3) is 3.27. The van der Waals surface area contributed by atoms with Crippen molar-refractivity contribution in [2.45, 2.75) is 45.7 Å². The predicted molar refractivity (Wildman–Crippen MR) is 100 cm³/mol. The molecule has 0 unspecified atom stereocenters. The summed E-state index contributed by atoms with van der Waals surface area (Å²) in [6.07, 6.45) is 4.93. The van der Waals surface area contributed by atoms with Crippen LogP contribution in [0.5, 0.6) is 0 Å². The lowest BCUT2D eigenvalue weighted by atomic mass is 9.95. The molecule has 4 heteroatoms. The number of fused-ring (bicyclic) bond motifs is 2. The second-order valence-corrected chi connectivity index (χ2v) is 7.86. The van der Waals surface area contributed by atoms with Crippen LogP contribution in [0.1, 0.15) is 43.4 Å². The summed E-state index contributed by atoms with van der Waals surface area (Å²) in [7, 11) is 0. The molecule has 0 fully saturated rings. The fourth-order valence-corrected chi connectivity index (χ4v) is 3.40. The SMILES string of the molecule is CC(C)(C)c1ncc2c(n1)CCN(Cc1ccnc3ccccc13)C2. The fraction of sp³-hybridized carbons (Fsp3) is 0.381. The van der Waals surface area contributed by atoms with E-state index in [0.29, 0.717) is 0 Å². The zero-order valence-electron chi connectivity index (χ0n) is 15.2. The van der Waals surface area contributed by atoms with Crippen molar-refractivity contribution < 1.29 is 0 Å². The van der Waals surface area contributed by atoms with Gasteiger partial charge in [-0.2, -0.15) is 0 Å². The molecule has 3 aromatic rings. The lowest BCUT2D eigenvalue weighted by Crippen LogP contribution is -2.32. The van der Waals surface area contributed by atoms with Crippen LogP contribution in [0, 0.1) is 0 Å². The maximum atomic E-state index is 4.83. The maximum Gasteiger partial charge on any atom is 0.133 e. The van der Waals surface area contributed by atoms with Gasteiger partial charge in [0.15, 0.2) is 0 Å². The highest BCUT2D eigenvalue weighted by Crippen LogP contribution is 2.24. The largest absolute Gasteiger partial charge is 0.294 e. The van der Waals surface area contributed by atoms with Crippen LogP contribution in [-0.4, -0.2) is 26.4 Å². The number of rotatable bonds is 2. The highest BCUT2D eigenvalue weighted by Gasteiger charge is 2.23.